The predicted molar refractivity (Wildman–Crippen MR) is 101 cm³/mol. The third kappa shape index (κ3) is 4.01. The summed E-state index contributed by atoms with van der Waals surface area (Å²) < 4.78 is 17.0. The zero-order chi connectivity index (χ0) is 18.8. The average molecular weight is 373 g/mol. The summed E-state index contributed by atoms with van der Waals surface area (Å²) in [6, 6.07) is 6.92. The molecule has 0 saturated carbocycles. The van der Waals surface area contributed by atoms with E-state index < -0.39 is 0 Å². The molecule has 0 bridgehead atoms. The first-order chi connectivity index (χ1) is 13.1. The number of aromatic nitrogens is 2. The van der Waals surface area contributed by atoms with E-state index in [1.54, 1.807) is 0 Å². The molecule has 0 radical (unpaired) electrons. The van der Waals surface area contributed by atoms with E-state index in [0.29, 0.717) is 25.1 Å². The van der Waals surface area contributed by atoms with Crippen LogP contribution in [0.2, 0.25) is 0 Å². The molecule has 1 aromatic carbocycles. The Labute approximate surface area is 159 Å². The number of hydrogen-bond donors (Lipinski definition) is 0. The lowest BCUT2D eigenvalue weighted by molar-refractivity contribution is 0.0874. The average Bonchev–Trinajstić information content (AvgIpc) is 3.18. The summed E-state index contributed by atoms with van der Waals surface area (Å²) in [6.07, 6.45) is 0. The van der Waals surface area contributed by atoms with Crippen LogP contribution in [0.3, 0.4) is 0 Å². The highest BCUT2D eigenvalue weighted by atomic mass is 16.6. The molecular weight excluding hydrogens is 346 g/mol. The van der Waals surface area contributed by atoms with Crippen LogP contribution in [-0.2, 0) is 6.54 Å². The molecule has 0 aliphatic carbocycles. The van der Waals surface area contributed by atoms with Gasteiger partial charge in [-0.15, -0.1) is 5.10 Å². The van der Waals surface area contributed by atoms with Crippen molar-refractivity contribution >= 4 is 6.01 Å². The fraction of sp³-hybridized carbons (Fsp3) is 0.579. The molecule has 2 aromatic rings. The lowest BCUT2D eigenvalue weighted by atomic mass is 10.1. The van der Waals surface area contributed by atoms with Gasteiger partial charge in [0.1, 0.15) is 13.2 Å². The van der Waals surface area contributed by atoms with Crippen LogP contribution in [0.4, 0.5) is 6.01 Å². The van der Waals surface area contributed by atoms with Crippen LogP contribution in [0, 0.1) is 0 Å². The maximum atomic E-state index is 5.76. The van der Waals surface area contributed by atoms with Gasteiger partial charge >= 0.3 is 6.01 Å². The summed E-state index contributed by atoms with van der Waals surface area (Å²) in [5, 5.41) is 8.29. The van der Waals surface area contributed by atoms with E-state index in [0.717, 1.165) is 44.2 Å². The van der Waals surface area contributed by atoms with E-state index in [1.165, 1.54) is 5.56 Å². The molecule has 1 aromatic heterocycles. The molecule has 4 rings (SSSR count). The Morgan fingerprint density at radius 3 is 2.48 bits per heavy atom. The van der Waals surface area contributed by atoms with Crippen molar-refractivity contribution in [1.82, 2.24) is 20.0 Å². The number of nitrogens with zero attached hydrogens (tertiary/aromatic N) is 5. The summed E-state index contributed by atoms with van der Waals surface area (Å²) in [7, 11) is 3.80. The molecule has 0 amide bonds. The monoisotopic (exact) mass is 373 g/mol. The van der Waals surface area contributed by atoms with Crippen molar-refractivity contribution in [3.8, 4) is 11.5 Å². The first-order valence-electron chi connectivity index (χ1n) is 9.46. The van der Waals surface area contributed by atoms with Crippen LogP contribution in [0.25, 0.3) is 0 Å². The Hall–Kier alpha value is -2.32. The van der Waals surface area contributed by atoms with E-state index in [-0.39, 0.29) is 6.04 Å². The van der Waals surface area contributed by atoms with Gasteiger partial charge in [-0.1, -0.05) is 11.2 Å². The fourth-order valence-electron chi connectivity index (χ4n) is 3.49. The van der Waals surface area contributed by atoms with E-state index in [2.05, 4.69) is 39.1 Å². The van der Waals surface area contributed by atoms with Gasteiger partial charge in [-0.3, -0.25) is 9.80 Å². The van der Waals surface area contributed by atoms with E-state index in [9.17, 15) is 0 Å². The SMILES string of the molecule is CC(c1nnc(N(C)C)o1)N1CCN(Cc2ccc3c(c2)OCCO3)CC1. The Morgan fingerprint density at radius 2 is 1.78 bits per heavy atom. The Kier molecular flexibility index (Phi) is 5.18. The molecule has 1 fully saturated rings. The minimum absolute atomic E-state index is 0.127. The third-order valence-electron chi connectivity index (χ3n) is 5.14. The maximum Gasteiger partial charge on any atom is 0.317 e. The van der Waals surface area contributed by atoms with Crippen LogP contribution in [0.5, 0.6) is 11.5 Å². The second-order valence-electron chi connectivity index (χ2n) is 7.28. The highest BCUT2D eigenvalue weighted by molar-refractivity contribution is 5.43. The molecule has 1 atom stereocenters. The largest absolute Gasteiger partial charge is 0.486 e. The molecule has 27 heavy (non-hydrogen) atoms. The maximum absolute atomic E-state index is 5.76. The summed E-state index contributed by atoms with van der Waals surface area (Å²) >= 11 is 0. The Bertz CT molecular complexity index is 770. The summed E-state index contributed by atoms with van der Waals surface area (Å²) in [6.45, 7) is 8.27. The number of anilines is 1. The number of hydrogen-bond acceptors (Lipinski definition) is 8. The molecular formula is C19H27N5O3. The van der Waals surface area contributed by atoms with E-state index >= 15 is 0 Å². The van der Waals surface area contributed by atoms with Crippen LogP contribution in [-0.4, -0.2) is 73.5 Å². The van der Waals surface area contributed by atoms with Crippen molar-refractivity contribution in [2.45, 2.75) is 19.5 Å². The van der Waals surface area contributed by atoms with Gasteiger partial charge in [0, 0.05) is 46.8 Å². The van der Waals surface area contributed by atoms with Gasteiger partial charge in [-0.05, 0) is 24.6 Å². The molecule has 0 spiro atoms. The molecule has 146 valence electrons. The summed E-state index contributed by atoms with van der Waals surface area (Å²) in [5.74, 6) is 2.39. The molecule has 0 N–H and O–H groups in total. The molecule has 1 unspecified atom stereocenters. The number of ether oxygens (including phenoxy) is 2. The van der Waals surface area contributed by atoms with Gasteiger partial charge in [0.15, 0.2) is 11.5 Å². The van der Waals surface area contributed by atoms with Crippen molar-refractivity contribution in [1.29, 1.82) is 0 Å². The van der Waals surface area contributed by atoms with Gasteiger partial charge in [-0.2, -0.15) is 0 Å². The van der Waals surface area contributed by atoms with E-state index in [1.807, 2.05) is 25.1 Å². The summed E-state index contributed by atoms with van der Waals surface area (Å²) in [4.78, 5) is 6.69. The first-order valence-corrected chi connectivity index (χ1v) is 9.46. The molecule has 8 heteroatoms. The third-order valence-corrected chi connectivity index (χ3v) is 5.14. The number of rotatable bonds is 5. The van der Waals surface area contributed by atoms with Crippen LogP contribution in [0.15, 0.2) is 22.6 Å². The molecule has 3 heterocycles. The normalized spacial score (nSPS) is 19.1. The quantitative estimate of drug-likeness (QED) is 0.786. The smallest absolute Gasteiger partial charge is 0.317 e. The van der Waals surface area contributed by atoms with Gasteiger partial charge in [-0.25, -0.2) is 0 Å². The van der Waals surface area contributed by atoms with Crippen LogP contribution < -0.4 is 14.4 Å². The number of piperazine rings is 1. The first kappa shape index (κ1) is 18.1. The van der Waals surface area contributed by atoms with Gasteiger partial charge in [0.05, 0.1) is 6.04 Å². The number of fused-ring (bicyclic) bond motifs is 1. The van der Waals surface area contributed by atoms with Crippen LogP contribution >= 0.6 is 0 Å². The second kappa shape index (κ2) is 7.74. The predicted octanol–water partition coefficient (Wildman–Crippen LogP) is 1.79. The van der Waals surface area contributed by atoms with Gasteiger partial charge in [0.2, 0.25) is 5.89 Å². The lowest BCUT2D eigenvalue weighted by Crippen LogP contribution is -2.46. The zero-order valence-corrected chi connectivity index (χ0v) is 16.2. The molecule has 2 aliphatic heterocycles. The standard InChI is InChI=1S/C19H27N5O3/c1-14(18-20-21-19(27-18)22(2)3)24-8-6-23(7-9-24)13-15-4-5-16-17(12-15)26-11-10-25-16/h4-5,12,14H,6-11,13H2,1-3H3. The van der Waals surface area contributed by atoms with Crippen molar-refractivity contribution < 1.29 is 13.9 Å². The van der Waals surface area contributed by atoms with Crippen molar-refractivity contribution in [2.75, 3.05) is 58.4 Å². The van der Waals surface area contributed by atoms with Gasteiger partial charge in [0.25, 0.3) is 0 Å². The molecule has 2 aliphatic rings. The van der Waals surface area contributed by atoms with Gasteiger partial charge < -0.3 is 18.8 Å². The highest BCUT2D eigenvalue weighted by Crippen LogP contribution is 2.31. The summed E-state index contributed by atoms with van der Waals surface area (Å²) in [5.41, 5.74) is 1.26. The lowest BCUT2D eigenvalue weighted by Gasteiger charge is -2.37. The minimum atomic E-state index is 0.127. The minimum Gasteiger partial charge on any atom is -0.486 e. The topological polar surface area (TPSA) is 67.1 Å². The van der Waals surface area contributed by atoms with Crippen LogP contribution in [0.1, 0.15) is 24.4 Å². The van der Waals surface area contributed by atoms with Crippen molar-refractivity contribution in [3.05, 3.63) is 29.7 Å². The molecule has 8 nitrogen and oxygen atoms in total. The van der Waals surface area contributed by atoms with E-state index in [4.69, 9.17) is 13.9 Å². The van der Waals surface area contributed by atoms with Crippen molar-refractivity contribution in [3.63, 3.8) is 0 Å². The second-order valence-corrected chi connectivity index (χ2v) is 7.28. The molecule has 1 saturated heterocycles. The fourth-order valence-corrected chi connectivity index (χ4v) is 3.49. The highest BCUT2D eigenvalue weighted by Gasteiger charge is 2.26. The zero-order valence-electron chi connectivity index (χ0n) is 16.2. The van der Waals surface area contributed by atoms with Crippen molar-refractivity contribution in [2.24, 2.45) is 0 Å². The Morgan fingerprint density at radius 1 is 1.04 bits per heavy atom. The Balaban J connectivity index is 1.32. The number of benzene rings is 1.